The van der Waals surface area contributed by atoms with E-state index in [1.807, 2.05) is 13.0 Å². The van der Waals surface area contributed by atoms with E-state index in [9.17, 15) is 5.11 Å². The van der Waals surface area contributed by atoms with Crippen molar-refractivity contribution in [3.8, 4) is 5.75 Å². The van der Waals surface area contributed by atoms with E-state index >= 15 is 0 Å². The lowest BCUT2D eigenvalue weighted by atomic mass is 9.90. The molecule has 108 valence electrons. The first kappa shape index (κ1) is 16.0. The van der Waals surface area contributed by atoms with Crippen LogP contribution in [0.5, 0.6) is 5.75 Å². The monoisotopic (exact) mass is 265 g/mol. The second kappa shape index (κ2) is 7.51. The molecule has 0 aliphatic rings. The Morgan fingerprint density at radius 2 is 2.00 bits per heavy atom. The molecule has 0 aliphatic heterocycles. The Bertz CT molecular complexity index is 392. The fourth-order valence-electron chi connectivity index (χ4n) is 2.32. The molecule has 0 amide bonds. The normalized spacial score (nSPS) is 15.9. The third-order valence-electron chi connectivity index (χ3n) is 3.79. The largest absolute Gasteiger partial charge is 0.496 e. The molecule has 0 fully saturated rings. The molecule has 1 aromatic carbocycles. The van der Waals surface area contributed by atoms with Crippen molar-refractivity contribution < 1.29 is 9.84 Å². The van der Waals surface area contributed by atoms with Gasteiger partial charge in [0.15, 0.2) is 0 Å². The molecule has 0 spiro atoms. The summed E-state index contributed by atoms with van der Waals surface area (Å²) in [6, 6.07) is 6.12. The number of aliphatic hydroxyl groups is 1. The van der Waals surface area contributed by atoms with Gasteiger partial charge in [-0.3, -0.25) is 0 Å². The average molecular weight is 265 g/mol. The lowest BCUT2D eigenvalue weighted by Gasteiger charge is -2.23. The summed E-state index contributed by atoms with van der Waals surface area (Å²) in [6.45, 7) is 6.25. The van der Waals surface area contributed by atoms with Gasteiger partial charge in [0.05, 0.1) is 13.2 Å². The predicted octanol–water partition coefficient (Wildman–Crippen LogP) is 2.85. The second-order valence-corrected chi connectivity index (χ2v) is 5.21. The summed E-state index contributed by atoms with van der Waals surface area (Å²) in [5, 5.41) is 10.1. The van der Waals surface area contributed by atoms with E-state index in [1.54, 1.807) is 7.11 Å². The fraction of sp³-hybridized carbons (Fsp3) is 0.625. The Labute approximate surface area is 116 Å². The molecule has 3 heteroatoms. The first-order valence-electron chi connectivity index (χ1n) is 7.13. The lowest BCUT2D eigenvalue weighted by Crippen LogP contribution is -2.34. The molecule has 19 heavy (non-hydrogen) atoms. The summed E-state index contributed by atoms with van der Waals surface area (Å²) >= 11 is 0. The molecule has 3 unspecified atom stereocenters. The molecule has 3 nitrogen and oxygen atoms in total. The topological polar surface area (TPSA) is 55.5 Å². The summed E-state index contributed by atoms with van der Waals surface area (Å²) in [5.74, 6) is 1.12. The van der Waals surface area contributed by atoms with Gasteiger partial charge < -0.3 is 15.6 Å². The van der Waals surface area contributed by atoms with Crippen molar-refractivity contribution in [2.75, 3.05) is 7.11 Å². The highest BCUT2D eigenvalue weighted by molar-refractivity contribution is 5.39. The highest BCUT2D eigenvalue weighted by Gasteiger charge is 2.19. The van der Waals surface area contributed by atoms with Gasteiger partial charge in [-0.1, -0.05) is 32.9 Å². The Balaban J connectivity index is 2.88. The van der Waals surface area contributed by atoms with Crippen molar-refractivity contribution in [2.24, 2.45) is 5.73 Å². The average Bonchev–Trinajstić information content (AvgIpc) is 2.45. The standard InChI is InChI=1S/C16H27NO2/c1-5-12-7-8-16(19-4)13(10-12)11(3)9-15(18)14(17)6-2/h7-8,10-11,14-15,18H,5-6,9,17H2,1-4H3. The van der Waals surface area contributed by atoms with E-state index in [4.69, 9.17) is 10.5 Å². The zero-order valence-electron chi connectivity index (χ0n) is 12.5. The zero-order valence-corrected chi connectivity index (χ0v) is 12.5. The second-order valence-electron chi connectivity index (χ2n) is 5.21. The quantitative estimate of drug-likeness (QED) is 0.797. The van der Waals surface area contributed by atoms with Crippen LogP contribution in [0.4, 0.5) is 0 Å². The van der Waals surface area contributed by atoms with Crippen LogP contribution in [0.25, 0.3) is 0 Å². The Morgan fingerprint density at radius 1 is 1.32 bits per heavy atom. The van der Waals surface area contributed by atoms with Crippen LogP contribution in [0.3, 0.4) is 0 Å². The number of ether oxygens (including phenoxy) is 1. The number of methoxy groups -OCH3 is 1. The molecule has 0 bridgehead atoms. The van der Waals surface area contributed by atoms with Crippen LogP contribution in [0, 0.1) is 0 Å². The van der Waals surface area contributed by atoms with Gasteiger partial charge in [0.2, 0.25) is 0 Å². The van der Waals surface area contributed by atoms with Crippen molar-refractivity contribution in [3.63, 3.8) is 0 Å². The number of aliphatic hydroxyl groups excluding tert-OH is 1. The van der Waals surface area contributed by atoms with Crippen LogP contribution in [0.2, 0.25) is 0 Å². The van der Waals surface area contributed by atoms with Crippen LogP contribution in [0.15, 0.2) is 18.2 Å². The number of nitrogens with two attached hydrogens (primary N) is 1. The SMILES string of the molecule is CCc1ccc(OC)c(C(C)CC(O)C(N)CC)c1. The molecule has 0 saturated heterocycles. The third kappa shape index (κ3) is 4.22. The summed E-state index contributed by atoms with van der Waals surface area (Å²) in [6.07, 6.45) is 1.99. The van der Waals surface area contributed by atoms with Gasteiger partial charge in [0, 0.05) is 6.04 Å². The molecule has 3 N–H and O–H groups in total. The van der Waals surface area contributed by atoms with Crippen LogP contribution in [0.1, 0.15) is 50.7 Å². The van der Waals surface area contributed by atoms with Gasteiger partial charge in [-0.15, -0.1) is 0 Å². The van der Waals surface area contributed by atoms with Crippen molar-refractivity contribution >= 4 is 0 Å². The summed E-state index contributed by atoms with van der Waals surface area (Å²) in [5.41, 5.74) is 8.33. The number of hydrogen-bond donors (Lipinski definition) is 2. The van der Waals surface area contributed by atoms with E-state index in [1.165, 1.54) is 5.56 Å². The first-order chi connectivity index (χ1) is 9.03. The summed E-state index contributed by atoms with van der Waals surface area (Å²) < 4.78 is 5.42. The molecule has 0 aromatic heterocycles. The number of aryl methyl sites for hydroxylation is 1. The first-order valence-corrected chi connectivity index (χ1v) is 7.13. The van der Waals surface area contributed by atoms with Crippen LogP contribution < -0.4 is 10.5 Å². The smallest absolute Gasteiger partial charge is 0.122 e. The third-order valence-corrected chi connectivity index (χ3v) is 3.79. The van der Waals surface area contributed by atoms with Crippen molar-refractivity contribution in [1.29, 1.82) is 0 Å². The summed E-state index contributed by atoms with van der Waals surface area (Å²) in [7, 11) is 1.69. The maximum absolute atomic E-state index is 10.1. The Hall–Kier alpha value is -1.06. The van der Waals surface area contributed by atoms with Crippen LogP contribution in [-0.2, 0) is 6.42 Å². The Morgan fingerprint density at radius 3 is 2.53 bits per heavy atom. The number of rotatable bonds is 7. The van der Waals surface area contributed by atoms with Gasteiger partial charge in [0.1, 0.15) is 5.75 Å². The van der Waals surface area contributed by atoms with Gasteiger partial charge in [-0.2, -0.15) is 0 Å². The molecule has 3 atom stereocenters. The highest BCUT2D eigenvalue weighted by Crippen LogP contribution is 2.31. The van der Waals surface area contributed by atoms with E-state index in [0.29, 0.717) is 6.42 Å². The van der Waals surface area contributed by atoms with E-state index < -0.39 is 6.10 Å². The highest BCUT2D eigenvalue weighted by atomic mass is 16.5. The number of hydrogen-bond acceptors (Lipinski definition) is 3. The molecular formula is C16H27NO2. The van der Waals surface area contributed by atoms with Gasteiger partial charge in [-0.05, 0) is 42.4 Å². The van der Waals surface area contributed by atoms with E-state index in [2.05, 4.69) is 26.0 Å². The Kier molecular flexibility index (Phi) is 6.32. The predicted molar refractivity (Wildman–Crippen MR) is 79.7 cm³/mol. The molecule has 0 saturated carbocycles. The van der Waals surface area contributed by atoms with Crippen LogP contribution >= 0.6 is 0 Å². The minimum Gasteiger partial charge on any atom is -0.496 e. The molecule has 1 aromatic rings. The molecule has 0 heterocycles. The van der Waals surface area contributed by atoms with E-state index in [0.717, 1.165) is 24.2 Å². The fourth-order valence-corrected chi connectivity index (χ4v) is 2.32. The van der Waals surface area contributed by atoms with Gasteiger partial charge >= 0.3 is 0 Å². The van der Waals surface area contributed by atoms with Crippen LogP contribution in [-0.4, -0.2) is 24.4 Å². The minimum absolute atomic E-state index is 0.150. The van der Waals surface area contributed by atoms with Crippen molar-refractivity contribution in [3.05, 3.63) is 29.3 Å². The lowest BCUT2D eigenvalue weighted by molar-refractivity contribution is 0.126. The molecule has 0 aliphatic carbocycles. The maximum atomic E-state index is 10.1. The zero-order chi connectivity index (χ0) is 14.4. The molecule has 0 radical (unpaired) electrons. The maximum Gasteiger partial charge on any atom is 0.122 e. The van der Waals surface area contributed by atoms with E-state index in [-0.39, 0.29) is 12.0 Å². The number of benzene rings is 1. The minimum atomic E-state index is -0.463. The van der Waals surface area contributed by atoms with Crippen molar-refractivity contribution in [1.82, 2.24) is 0 Å². The van der Waals surface area contributed by atoms with Gasteiger partial charge in [0.25, 0.3) is 0 Å². The molecule has 1 rings (SSSR count). The summed E-state index contributed by atoms with van der Waals surface area (Å²) in [4.78, 5) is 0. The van der Waals surface area contributed by atoms with Crippen molar-refractivity contribution in [2.45, 2.75) is 58.1 Å². The molecular weight excluding hydrogens is 238 g/mol. The van der Waals surface area contributed by atoms with Gasteiger partial charge in [-0.25, -0.2) is 0 Å².